The van der Waals surface area contributed by atoms with Gasteiger partial charge in [-0.3, -0.25) is 25.1 Å². The van der Waals surface area contributed by atoms with Crippen molar-refractivity contribution < 1.29 is 19.7 Å². The number of non-ortho nitro benzene ring substituents is 1. The van der Waals surface area contributed by atoms with Crippen molar-refractivity contribution in [2.45, 2.75) is 12.8 Å². The van der Waals surface area contributed by atoms with Crippen LogP contribution in [0.2, 0.25) is 0 Å². The van der Waals surface area contributed by atoms with E-state index in [0.29, 0.717) is 22.9 Å². The zero-order valence-corrected chi connectivity index (χ0v) is 11.0. The molecule has 0 spiro atoms. The van der Waals surface area contributed by atoms with Crippen molar-refractivity contribution >= 4 is 22.4 Å². The van der Waals surface area contributed by atoms with Crippen LogP contribution in [0.4, 0.5) is 5.69 Å². The fourth-order valence-corrected chi connectivity index (χ4v) is 1.90. The number of nitrogens with zero attached hydrogens (tertiary/aromatic N) is 2. The van der Waals surface area contributed by atoms with E-state index in [1.165, 1.54) is 30.0 Å². The lowest BCUT2D eigenvalue weighted by Gasteiger charge is -2.09. The minimum absolute atomic E-state index is 0.0369. The SMILES string of the molecule is O=C(CCCOc1ccc([N+](=O)[O-])c2cnccc12)NO. The Morgan fingerprint density at radius 3 is 2.90 bits per heavy atom. The summed E-state index contributed by atoms with van der Waals surface area (Å²) in [6.45, 7) is 0.253. The highest BCUT2D eigenvalue weighted by Gasteiger charge is 2.15. The average Bonchev–Trinajstić information content (AvgIpc) is 2.50. The van der Waals surface area contributed by atoms with Crippen molar-refractivity contribution in [3.63, 3.8) is 0 Å². The summed E-state index contributed by atoms with van der Waals surface area (Å²) < 4.78 is 5.54. The maximum Gasteiger partial charge on any atom is 0.279 e. The summed E-state index contributed by atoms with van der Waals surface area (Å²) in [7, 11) is 0. The zero-order valence-electron chi connectivity index (χ0n) is 11.0. The summed E-state index contributed by atoms with van der Waals surface area (Å²) >= 11 is 0. The van der Waals surface area contributed by atoms with Crippen molar-refractivity contribution in [2.75, 3.05) is 6.61 Å². The highest BCUT2D eigenvalue weighted by atomic mass is 16.6. The zero-order chi connectivity index (χ0) is 15.2. The van der Waals surface area contributed by atoms with Crippen LogP contribution in [-0.4, -0.2) is 27.6 Å². The largest absolute Gasteiger partial charge is 0.493 e. The first-order valence-electron chi connectivity index (χ1n) is 6.20. The first-order chi connectivity index (χ1) is 10.1. The molecule has 0 unspecified atom stereocenters. The second kappa shape index (κ2) is 6.62. The molecule has 1 amide bonds. The minimum Gasteiger partial charge on any atom is -0.493 e. The number of nitro benzene ring substituents is 1. The standard InChI is InChI=1S/C13H13N3O5/c17-13(15-18)2-1-7-21-12-4-3-11(16(19)20)10-8-14-6-5-9(10)12/h3-6,8,18H,1-2,7H2,(H,15,17). The molecule has 0 saturated carbocycles. The number of carbonyl (C=O) groups excluding carboxylic acids is 1. The van der Waals surface area contributed by atoms with E-state index in [-0.39, 0.29) is 18.7 Å². The maximum absolute atomic E-state index is 11.0. The predicted molar refractivity (Wildman–Crippen MR) is 73.1 cm³/mol. The number of carbonyl (C=O) groups is 1. The number of hydroxylamine groups is 1. The van der Waals surface area contributed by atoms with Crippen molar-refractivity contribution in [2.24, 2.45) is 0 Å². The molecule has 1 aromatic carbocycles. The molecule has 21 heavy (non-hydrogen) atoms. The van der Waals surface area contributed by atoms with Gasteiger partial charge in [0.2, 0.25) is 5.91 Å². The summed E-state index contributed by atoms with van der Waals surface area (Å²) in [6, 6.07) is 4.52. The van der Waals surface area contributed by atoms with E-state index in [9.17, 15) is 14.9 Å². The van der Waals surface area contributed by atoms with Crippen molar-refractivity contribution in [3.8, 4) is 5.75 Å². The van der Waals surface area contributed by atoms with Crippen LogP contribution in [0.3, 0.4) is 0 Å². The third-order valence-electron chi connectivity index (χ3n) is 2.88. The Bertz CT molecular complexity index is 674. The lowest BCUT2D eigenvalue weighted by molar-refractivity contribution is -0.383. The van der Waals surface area contributed by atoms with E-state index in [4.69, 9.17) is 9.94 Å². The fraction of sp³-hybridized carbons (Fsp3) is 0.231. The molecule has 0 atom stereocenters. The van der Waals surface area contributed by atoms with Gasteiger partial charge in [0, 0.05) is 30.3 Å². The number of hydrogen-bond donors (Lipinski definition) is 2. The van der Waals surface area contributed by atoms with Gasteiger partial charge in [-0.1, -0.05) is 0 Å². The molecule has 0 radical (unpaired) electrons. The first kappa shape index (κ1) is 14.7. The Kier molecular flexibility index (Phi) is 4.62. The molecule has 0 bridgehead atoms. The Hall–Kier alpha value is -2.74. The van der Waals surface area contributed by atoms with Crippen LogP contribution in [0.25, 0.3) is 10.8 Å². The topological polar surface area (TPSA) is 115 Å². The number of ether oxygens (including phenoxy) is 1. The molecule has 0 aliphatic heterocycles. The molecule has 8 nitrogen and oxygen atoms in total. The lowest BCUT2D eigenvalue weighted by atomic mass is 10.1. The Balaban J connectivity index is 2.16. The van der Waals surface area contributed by atoms with Crippen LogP contribution in [0.5, 0.6) is 5.75 Å². The highest BCUT2D eigenvalue weighted by Crippen LogP contribution is 2.32. The normalized spacial score (nSPS) is 10.3. The molecule has 8 heteroatoms. The Morgan fingerprint density at radius 2 is 2.19 bits per heavy atom. The molecule has 2 rings (SSSR count). The van der Waals surface area contributed by atoms with E-state index < -0.39 is 10.8 Å². The number of nitro groups is 1. The molecule has 0 saturated heterocycles. The van der Waals surface area contributed by atoms with Gasteiger partial charge in [-0.2, -0.15) is 0 Å². The summed E-state index contributed by atoms with van der Waals surface area (Å²) in [6.07, 6.45) is 3.48. The molecule has 110 valence electrons. The summed E-state index contributed by atoms with van der Waals surface area (Å²) in [5, 5.41) is 20.3. The molecule has 1 heterocycles. The summed E-state index contributed by atoms with van der Waals surface area (Å²) in [4.78, 5) is 25.2. The number of fused-ring (bicyclic) bond motifs is 1. The van der Waals surface area contributed by atoms with Crippen LogP contribution >= 0.6 is 0 Å². The second-order valence-corrected chi connectivity index (χ2v) is 4.25. The molecule has 0 aliphatic rings. The van der Waals surface area contributed by atoms with Gasteiger partial charge in [0.05, 0.1) is 16.9 Å². The van der Waals surface area contributed by atoms with Crippen molar-refractivity contribution in [1.29, 1.82) is 0 Å². The number of amides is 1. The molecule has 0 aliphatic carbocycles. The quantitative estimate of drug-likeness (QED) is 0.363. The highest BCUT2D eigenvalue weighted by molar-refractivity contribution is 5.94. The number of aromatic nitrogens is 1. The first-order valence-corrected chi connectivity index (χ1v) is 6.20. The van der Waals surface area contributed by atoms with Gasteiger partial charge in [-0.25, -0.2) is 5.48 Å². The number of rotatable bonds is 6. The van der Waals surface area contributed by atoms with Gasteiger partial charge in [0.25, 0.3) is 5.69 Å². The number of hydrogen-bond acceptors (Lipinski definition) is 6. The molecular formula is C13H13N3O5. The maximum atomic E-state index is 11.0. The molecular weight excluding hydrogens is 278 g/mol. The third-order valence-corrected chi connectivity index (χ3v) is 2.88. The van der Waals surface area contributed by atoms with E-state index in [2.05, 4.69) is 4.98 Å². The van der Waals surface area contributed by atoms with Crippen LogP contribution in [0, 0.1) is 10.1 Å². The van der Waals surface area contributed by atoms with E-state index >= 15 is 0 Å². The molecule has 2 aromatic rings. The van der Waals surface area contributed by atoms with Gasteiger partial charge >= 0.3 is 0 Å². The van der Waals surface area contributed by atoms with E-state index in [1.54, 1.807) is 6.07 Å². The Labute approximate surface area is 119 Å². The lowest BCUT2D eigenvalue weighted by Crippen LogP contribution is -2.18. The number of nitrogens with one attached hydrogen (secondary N) is 1. The van der Waals surface area contributed by atoms with Crippen LogP contribution < -0.4 is 10.2 Å². The molecule has 0 fully saturated rings. The smallest absolute Gasteiger partial charge is 0.279 e. The molecule has 1 aromatic heterocycles. The van der Waals surface area contributed by atoms with Gasteiger partial charge in [-0.15, -0.1) is 0 Å². The van der Waals surface area contributed by atoms with Crippen LogP contribution in [0.1, 0.15) is 12.8 Å². The van der Waals surface area contributed by atoms with Gasteiger partial charge in [0.15, 0.2) is 0 Å². The predicted octanol–water partition coefficient (Wildman–Crippen LogP) is 1.81. The second-order valence-electron chi connectivity index (χ2n) is 4.25. The Morgan fingerprint density at radius 1 is 1.38 bits per heavy atom. The van der Waals surface area contributed by atoms with Crippen LogP contribution in [-0.2, 0) is 4.79 Å². The van der Waals surface area contributed by atoms with Crippen molar-refractivity contribution in [1.82, 2.24) is 10.5 Å². The number of pyridine rings is 1. The third kappa shape index (κ3) is 3.42. The van der Waals surface area contributed by atoms with E-state index in [1.807, 2.05) is 0 Å². The summed E-state index contributed by atoms with van der Waals surface area (Å²) in [5.74, 6) is -0.00114. The monoisotopic (exact) mass is 291 g/mol. The molecule has 2 N–H and O–H groups in total. The fourth-order valence-electron chi connectivity index (χ4n) is 1.90. The minimum atomic E-state index is -0.489. The van der Waals surface area contributed by atoms with Gasteiger partial charge in [-0.05, 0) is 18.6 Å². The van der Waals surface area contributed by atoms with Crippen molar-refractivity contribution in [3.05, 3.63) is 40.7 Å². The number of benzene rings is 1. The van der Waals surface area contributed by atoms with Crippen LogP contribution in [0.15, 0.2) is 30.6 Å². The average molecular weight is 291 g/mol. The summed E-state index contributed by atoms with van der Waals surface area (Å²) in [5.41, 5.74) is 1.50. The van der Waals surface area contributed by atoms with Gasteiger partial charge in [0.1, 0.15) is 5.75 Å². The van der Waals surface area contributed by atoms with E-state index in [0.717, 1.165) is 0 Å². The van der Waals surface area contributed by atoms with Gasteiger partial charge < -0.3 is 4.74 Å².